The lowest BCUT2D eigenvalue weighted by molar-refractivity contribution is 0.419. The maximum atomic E-state index is 11.1. The van der Waals surface area contributed by atoms with Crippen LogP contribution in [-0.2, 0) is 15.6 Å². The van der Waals surface area contributed by atoms with Crippen LogP contribution < -0.4 is 0 Å². The predicted octanol–water partition coefficient (Wildman–Crippen LogP) is 1.75. The van der Waals surface area contributed by atoms with Crippen LogP contribution in [0.2, 0.25) is 0 Å². The van der Waals surface area contributed by atoms with Crippen LogP contribution >= 0.6 is 15.9 Å². The molecule has 0 fully saturated rings. The average molecular weight is 333 g/mol. The fourth-order valence-corrected chi connectivity index (χ4v) is 2.28. The van der Waals surface area contributed by atoms with Crippen molar-refractivity contribution in [3.63, 3.8) is 0 Å². The molecule has 96 valence electrons. The van der Waals surface area contributed by atoms with Crippen LogP contribution in [0.4, 0.5) is 0 Å². The summed E-state index contributed by atoms with van der Waals surface area (Å²) < 4.78 is 27.8. The molecule has 0 aliphatic carbocycles. The molecule has 0 unspecified atom stereocenters. The van der Waals surface area contributed by atoms with Gasteiger partial charge in [-0.05, 0) is 18.2 Å². The van der Waals surface area contributed by atoms with Gasteiger partial charge in [0.05, 0.1) is 5.56 Å². The summed E-state index contributed by atoms with van der Waals surface area (Å²) in [6.07, 6.45) is 1.08. The third-order valence-corrected chi connectivity index (χ3v) is 3.33. The fraction of sp³-hybridized carbons (Fsp3) is 0.200. The minimum atomic E-state index is -3.22. The van der Waals surface area contributed by atoms with Gasteiger partial charge in [0.1, 0.15) is 11.5 Å². The van der Waals surface area contributed by atoms with Crippen LogP contribution in [0, 0.1) is 0 Å². The van der Waals surface area contributed by atoms with E-state index in [1.807, 2.05) is 0 Å². The van der Waals surface area contributed by atoms with Crippen LogP contribution in [0.5, 0.6) is 5.75 Å². The maximum absolute atomic E-state index is 11.1. The Morgan fingerprint density at radius 2 is 2.17 bits per heavy atom. The number of phenols is 1. The molecule has 6 nitrogen and oxygen atoms in total. The summed E-state index contributed by atoms with van der Waals surface area (Å²) in [7, 11) is -3.22. The molecular weight excluding hydrogens is 324 g/mol. The summed E-state index contributed by atoms with van der Waals surface area (Å²) in [4.78, 5) is 3.92. The van der Waals surface area contributed by atoms with Crippen molar-refractivity contribution in [1.29, 1.82) is 0 Å². The molecule has 8 heteroatoms. The van der Waals surface area contributed by atoms with Gasteiger partial charge in [-0.1, -0.05) is 21.1 Å². The molecule has 2 aromatic rings. The van der Waals surface area contributed by atoms with Crippen molar-refractivity contribution in [2.24, 2.45) is 0 Å². The number of phenolic OH excluding ortho intramolecular Hbond substituents is 1. The van der Waals surface area contributed by atoms with Gasteiger partial charge in [-0.25, -0.2) is 8.42 Å². The highest BCUT2D eigenvalue weighted by atomic mass is 79.9. The SMILES string of the molecule is CS(=O)(=O)Cc1noc(-c2ccc(Br)cc2O)n1. The molecule has 0 aliphatic rings. The Balaban J connectivity index is 2.35. The molecule has 18 heavy (non-hydrogen) atoms. The first-order chi connectivity index (χ1) is 8.35. The monoisotopic (exact) mass is 332 g/mol. The van der Waals surface area contributed by atoms with Gasteiger partial charge in [0.25, 0.3) is 5.89 Å². The lowest BCUT2D eigenvalue weighted by Crippen LogP contribution is -2.02. The molecule has 0 saturated heterocycles. The number of hydrogen-bond acceptors (Lipinski definition) is 6. The first-order valence-electron chi connectivity index (χ1n) is 4.84. The minimum absolute atomic E-state index is 0.0288. The number of aromatic hydroxyl groups is 1. The quantitative estimate of drug-likeness (QED) is 0.920. The lowest BCUT2D eigenvalue weighted by Gasteiger charge is -1.98. The first-order valence-corrected chi connectivity index (χ1v) is 7.70. The summed E-state index contributed by atoms with van der Waals surface area (Å²) in [6, 6.07) is 4.78. The average Bonchev–Trinajstić information content (AvgIpc) is 2.63. The molecule has 0 bridgehead atoms. The first kappa shape index (κ1) is 13.0. The highest BCUT2D eigenvalue weighted by Crippen LogP contribution is 2.30. The molecule has 2 rings (SSSR count). The summed E-state index contributed by atoms with van der Waals surface area (Å²) in [5.41, 5.74) is 0.352. The largest absolute Gasteiger partial charge is 0.507 e. The van der Waals surface area contributed by atoms with Crippen molar-refractivity contribution in [3.8, 4) is 17.2 Å². The van der Waals surface area contributed by atoms with E-state index in [0.717, 1.165) is 6.26 Å². The highest BCUT2D eigenvalue weighted by Gasteiger charge is 2.15. The summed E-state index contributed by atoms with van der Waals surface area (Å²) in [6.45, 7) is 0. The minimum Gasteiger partial charge on any atom is -0.507 e. The van der Waals surface area contributed by atoms with Crippen molar-refractivity contribution in [2.75, 3.05) is 6.26 Å². The van der Waals surface area contributed by atoms with Gasteiger partial charge >= 0.3 is 0 Å². The van der Waals surface area contributed by atoms with E-state index in [1.54, 1.807) is 12.1 Å². The third-order valence-electron chi connectivity index (χ3n) is 2.05. The van der Waals surface area contributed by atoms with Crippen molar-refractivity contribution < 1.29 is 18.0 Å². The van der Waals surface area contributed by atoms with Crippen LogP contribution in [-0.4, -0.2) is 29.9 Å². The second-order valence-electron chi connectivity index (χ2n) is 3.75. The predicted molar refractivity (Wildman–Crippen MR) is 67.6 cm³/mol. The zero-order valence-electron chi connectivity index (χ0n) is 9.29. The number of hydrogen-bond donors (Lipinski definition) is 1. The smallest absolute Gasteiger partial charge is 0.261 e. The van der Waals surface area contributed by atoms with Gasteiger partial charge in [0.2, 0.25) is 0 Å². The third kappa shape index (κ3) is 3.08. The highest BCUT2D eigenvalue weighted by molar-refractivity contribution is 9.10. The number of aromatic nitrogens is 2. The second-order valence-corrected chi connectivity index (χ2v) is 6.80. The van der Waals surface area contributed by atoms with Crippen molar-refractivity contribution in [2.45, 2.75) is 5.75 Å². The molecule has 1 aromatic carbocycles. The van der Waals surface area contributed by atoms with Gasteiger partial charge in [0.15, 0.2) is 15.7 Å². The van der Waals surface area contributed by atoms with Gasteiger partial charge in [0, 0.05) is 10.7 Å². The Hall–Kier alpha value is -1.41. The number of sulfone groups is 1. The molecule has 1 N–H and O–H groups in total. The van der Waals surface area contributed by atoms with E-state index in [-0.39, 0.29) is 23.2 Å². The molecular formula is C10H9BrN2O4S. The molecule has 1 heterocycles. The number of nitrogens with zero attached hydrogens (tertiary/aromatic N) is 2. The van der Waals surface area contributed by atoms with E-state index in [1.165, 1.54) is 6.07 Å². The van der Waals surface area contributed by atoms with E-state index in [9.17, 15) is 13.5 Å². The molecule has 0 spiro atoms. The van der Waals surface area contributed by atoms with Crippen molar-refractivity contribution >= 4 is 25.8 Å². The second kappa shape index (κ2) is 4.69. The van der Waals surface area contributed by atoms with Crippen molar-refractivity contribution in [3.05, 3.63) is 28.5 Å². The number of benzene rings is 1. The van der Waals surface area contributed by atoms with E-state index < -0.39 is 9.84 Å². The normalized spacial score (nSPS) is 11.7. The van der Waals surface area contributed by atoms with Gasteiger partial charge < -0.3 is 9.63 Å². The van der Waals surface area contributed by atoms with Gasteiger partial charge in [-0.2, -0.15) is 4.98 Å². The van der Waals surface area contributed by atoms with Gasteiger partial charge in [-0.15, -0.1) is 0 Å². The van der Waals surface area contributed by atoms with E-state index >= 15 is 0 Å². The zero-order valence-corrected chi connectivity index (χ0v) is 11.7. The summed E-state index contributed by atoms with van der Waals surface area (Å²) in [5, 5.41) is 13.3. The van der Waals surface area contributed by atoms with E-state index in [0.29, 0.717) is 10.0 Å². The Labute approximate surface area is 112 Å². The molecule has 0 radical (unpaired) electrons. The van der Waals surface area contributed by atoms with Crippen LogP contribution in [0.1, 0.15) is 5.82 Å². The molecule has 0 saturated carbocycles. The van der Waals surface area contributed by atoms with Crippen LogP contribution in [0.3, 0.4) is 0 Å². The standard InChI is InChI=1S/C10H9BrN2O4S/c1-18(15,16)5-9-12-10(17-13-9)7-3-2-6(11)4-8(7)14/h2-4,14H,5H2,1H3. The van der Waals surface area contributed by atoms with Crippen LogP contribution in [0.15, 0.2) is 27.2 Å². The maximum Gasteiger partial charge on any atom is 0.261 e. The summed E-state index contributed by atoms with van der Waals surface area (Å²) >= 11 is 3.21. The lowest BCUT2D eigenvalue weighted by atomic mass is 10.2. The molecule has 1 aromatic heterocycles. The van der Waals surface area contributed by atoms with Gasteiger partial charge in [-0.3, -0.25) is 0 Å². The Morgan fingerprint density at radius 1 is 1.44 bits per heavy atom. The topological polar surface area (TPSA) is 93.3 Å². The molecule has 0 aliphatic heterocycles. The summed E-state index contributed by atoms with van der Waals surface area (Å²) in [5.74, 6) is -0.180. The zero-order chi connectivity index (χ0) is 13.3. The fourth-order valence-electron chi connectivity index (χ4n) is 1.34. The Morgan fingerprint density at radius 3 is 2.78 bits per heavy atom. The number of rotatable bonds is 3. The van der Waals surface area contributed by atoms with E-state index in [4.69, 9.17) is 4.52 Å². The number of halogens is 1. The Kier molecular flexibility index (Phi) is 3.40. The molecule has 0 amide bonds. The van der Waals surface area contributed by atoms with E-state index in [2.05, 4.69) is 26.1 Å². The van der Waals surface area contributed by atoms with Crippen molar-refractivity contribution in [1.82, 2.24) is 10.1 Å². The Bertz CT molecular complexity index is 681. The van der Waals surface area contributed by atoms with Crippen LogP contribution in [0.25, 0.3) is 11.5 Å². The molecule has 0 atom stereocenters.